The Kier molecular flexibility index (Phi) is 3.77. The monoisotopic (exact) mass is 328 g/mol. The zero-order valence-electron chi connectivity index (χ0n) is 14.4. The van der Waals surface area contributed by atoms with Crippen molar-refractivity contribution in [3.8, 4) is 11.4 Å². The van der Waals surface area contributed by atoms with Crippen LogP contribution in [0.4, 0.5) is 0 Å². The molecule has 1 aliphatic rings. The van der Waals surface area contributed by atoms with Gasteiger partial charge in [-0.1, -0.05) is 36.4 Å². The Balaban J connectivity index is 2.07. The Bertz CT molecular complexity index is 982. The molecule has 25 heavy (non-hydrogen) atoms. The molecule has 0 N–H and O–H groups in total. The highest BCUT2D eigenvalue weighted by Gasteiger charge is 2.19. The van der Waals surface area contributed by atoms with Crippen molar-refractivity contribution in [2.24, 2.45) is 0 Å². The van der Waals surface area contributed by atoms with E-state index in [1.54, 1.807) is 9.13 Å². The van der Waals surface area contributed by atoms with E-state index in [1.165, 1.54) is 0 Å². The summed E-state index contributed by atoms with van der Waals surface area (Å²) in [6.45, 7) is 4.08. The second-order valence-electron chi connectivity index (χ2n) is 6.44. The van der Waals surface area contributed by atoms with Gasteiger partial charge in [0.15, 0.2) is 0 Å². The number of aromatic nitrogens is 2. The maximum Gasteiger partial charge on any atom is 0.338 e. The largest absolute Gasteiger partial charge is 0.338 e. The third kappa shape index (κ3) is 2.68. The first-order chi connectivity index (χ1) is 12.1. The molecule has 0 fully saturated rings. The Morgan fingerprint density at radius 1 is 0.760 bits per heavy atom. The first-order valence-electron chi connectivity index (χ1n) is 8.50. The molecule has 1 aliphatic carbocycles. The molecule has 3 aromatic rings. The van der Waals surface area contributed by atoms with E-state index < -0.39 is 0 Å². The van der Waals surface area contributed by atoms with Gasteiger partial charge in [0.2, 0.25) is 0 Å². The summed E-state index contributed by atoms with van der Waals surface area (Å²) in [5, 5.41) is 0. The minimum atomic E-state index is -0.0441. The van der Waals surface area contributed by atoms with E-state index in [-0.39, 0.29) is 5.69 Å². The molecule has 1 heterocycles. The summed E-state index contributed by atoms with van der Waals surface area (Å²) in [5.74, 6) is 0. The van der Waals surface area contributed by atoms with Gasteiger partial charge in [0.1, 0.15) is 0 Å². The number of fused-ring (bicyclic) bond motifs is 1. The molecule has 0 aliphatic heterocycles. The quantitative estimate of drug-likeness (QED) is 0.671. The summed E-state index contributed by atoms with van der Waals surface area (Å²) in [7, 11) is 0. The van der Waals surface area contributed by atoms with Crippen LogP contribution in [-0.2, 0) is 0 Å². The summed E-state index contributed by atoms with van der Waals surface area (Å²) in [6.07, 6.45) is 9.14. The minimum absolute atomic E-state index is 0.0441. The molecule has 4 rings (SSSR count). The smallest absolute Gasteiger partial charge is 0.260 e. The summed E-state index contributed by atoms with van der Waals surface area (Å²) in [6, 6.07) is 16.1. The molecule has 0 spiro atoms. The van der Waals surface area contributed by atoms with E-state index in [0.29, 0.717) is 0 Å². The van der Waals surface area contributed by atoms with Gasteiger partial charge in [0.25, 0.3) is 0 Å². The maximum absolute atomic E-state index is 13.4. The highest BCUT2D eigenvalue weighted by atomic mass is 16.1. The van der Waals surface area contributed by atoms with Gasteiger partial charge >= 0.3 is 5.69 Å². The van der Waals surface area contributed by atoms with Crippen molar-refractivity contribution in [1.29, 1.82) is 0 Å². The van der Waals surface area contributed by atoms with E-state index in [1.807, 2.05) is 74.5 Å². The first-order valence-corrected chi connectivity index (χ1v) is 8.50. The predicted molar refractivity (Wildman–Crippen MR) is 104 cm³/mol. The number of benzene rings is 2. The fourth-order valence-corrected chi connectivity index (χ4v) is 3.33. The highest BCUT2D eigenvalue weighted by molar-refractivity contribution is 5.67. The van der Waals surface area contributed by atoms with Crippen molar-refractivity contribution in [3.63, 3.8) is 0 Å². The lowest BCUT2D eigenvalue weighted by atomic mass is 10.2. The normalized spacial score (nSPS) is 12.9. The van der Waals surface area contributed by atoms with Crippen LogP contribution in [0.2, 0.25) is 0 Å². The average Bonchev–Trinajstić information content (AvgIpc) is 2.72. The fourth-order valence-electron chi connectivity index (χ4n) is 3.33. The zero-order valence-corrected chi connectivity index (χ0v) is 14.4. The van der Waals surface area contributed by atoms with Gasteiger partial charge in [-0.05, 0) is 67.8 Å². The second kappa shape index (κ2) is 6.10. The standard InChI is InChI=1S/C22H20N2O/c1-16-8-6-10-18(14-16)23-20-12-4-3-5-13-21(20)24(22(23)25)19-11-7-9-17(2)15-19/h4-15H,3H2,1-2H3. The van der Waals surface area contributed by atoms with Crippen molar-refractivity contribution >= 4 is 12.2 Å². The van der Waals surface area contributed by atoms with E-state index in [9.17, 15) is 4.79 Å². The van der Waals surface area contributed by atoms with Gasteiger partial charge in [0, 0.05) is 0 Å². The van der Waals surface area contributed by atoms with Gasteiger partial charge in [0.05, 0.1) is 22.8 Å². The number of aryl methyl sites for hydroxylation is 2. The van der Waals surface area contributed by atoms with Crippen LogP contribution in [0, 0.1) is 13.8 Å². The molecule has 0 saturated carbocycles. The minimum Gasteiger partial charge on any atom is -0.260 e. The van der Waals surface area contributed by atoms with Crippen LogP contribution >= 0.6 is 0 Å². The number of imidazole rings is 1. The molecule has 0 saturated heterocycles. The Labute approximate surface area is 147 Å². The van der Waals surface area contributed by atoms with Crippen LogP contribution in [0.1, 0.15) is 28.9 Å². The van der Waals surface area contributed by atoms with E-state index in [0.717, 1.165) is 40.3 Å². The van der Waals surface area contributed by atoms with Gasteiger partial charge in [-0.15, -0.1) is 0 Å². The number of hydrogen-bond acceptors (Lipinski definition) is 1. The average molecular weight is 328 g/mol. The molecule has 2 aromatic carbocycles. The molecule has 1 aromatic heterocycles. The van der Waals surface area contributed by atoms with Crippen LogP contribution in [0.15, 0.2) is 65.5 Å². The van der Waals surface area contributed by atoms with Gasteiger partial charge < -0.3 is 0 Å². The predicted octanol–water partition coefficient (Wildman–Crippen LogP) is 4.68. The zero-order chi connectivity index (χ0) is 17.4. The molecule has 0 atom stereocenters. The number of allylic oxidation sites excluding steroid dienone is 2. The van der Waals surface area contributed by atoms with E-state index >= 15 is 0 Å². The van der Waals surface area contributed by atoms with Gasteiger partial charge in [-0.3, -0.25) is 9.13 Å². The van der Waals surface area contributed by atoms with E-state index in [2.05, 4.69) is 12.2 Å². The molecule has 124 valence electrons. The summed E-state index contributed by atoms with van der Waals surface area (Å²) >= 11 is 0. The van der Waals surface area contributed by atoms with Crippen molar-refractivity contribution in [2.45, 2.75) is 20.3 Å². The molecule has 0 radical (unpaired) electrons. The van der Waals surface area contributed by atoms with Crippen LogP contribution < -0.4 is 5.69 Å². The van der Waals surface area contributed by atoms with Crippen molar-refractivity contribution in [3.05, 3.63) is 93.7 Å². The Morgan fingerprint density at radius 3 is 1.68 bits per heavy atom. The molecule has 0 amide bonds. The maximum atomic E-state index is 13.4. The Morgan fingerprint density at radius 2 is 1.24 bits per heavy atom. The van der Waals surface area contributed by atoms with Crippen LogP contribution in [-0.4, -0.2) is 9.13 Å². The number of nitrogens with zero attached hydrogens (tertiary/aromatic N) is 2. The molecular weight excluding hydrogens is 308 g/mol. The number of hydrogen-bond donors (Lipinski definition) is 0. The summed E-state index contributed by atoms with van der Waals surface area (Å²) < 4.78 is 3.60. The van der Waals surface area contributed by atoms with Crippen molar-refractivity contribution < 1.29 is 0 Å². The van der Waals surface area contributed by atoms with Crippen LogP contribution in [0.5, 0.6) is 0 Å². The summed E-state index contributed by atoms with van der Waals surface area (Å²) in [4.78, 5) is 13.4. The fraction of sp³-hybridized carbons (Fsp3) is 0.136. The van der Waals surface area contributed by atoms with Crippen LogP contribution in [0.3, 0.4) is 0 Å². The lowest BCUT2D eigenvalue weighted by molar-refractivity contribution is 0.900. The van der Waals surface area contributed by atoms with Gasteiger partial charge in [-0.25, -0.2) is 4.79 Å². The topological polar surface area (TPSA) is 26.9 Å². The van der Waals surface area contributed by atoms with E-state index in [4.69, 9.17) is 0 Å². The second-order valence-corrected chi connectivity index (χ2v) is 6.44. The summed E-state index contributed by atoms with van der Waals surface area (Å²) in [5.41, 5.74) is 5.86. The molecule has 0 unspecified atom stereocenters. The third-order valence-electron chi connectivity index (χ3n) is 4.47. The lowest BCUT2D eigenvalue weighted by Crippen LogP contribution is -2.23. The Hall–Kier alpha value is -3.07. The number of rotatable bonds is 2. The molecule has 3 nitrogen and oxygen atoms in total. The molecular formula is C22H20N2O. The SMILES string of the molecule is Cc1cccc(-n2c3c(n(-c4cccc(C)c4)c2=O)C=CCC=C3)c1. The van der Waals surface area contributed by atoms with Crippen LogP contribution in [0.25, 0.3) is 23.5 Å². The third-order valence-corrected chi connectivity index (χ3v) is 4.47. The van der Waals surface area contributed by atoms with Crippen molar-refractivity contribution in [1.82, 2.24) is 9.13 Å². The molecule has 0 bridgehead atoms. The van der Waals surface area contributed by atoms with Gasteiger partial charge in [-0.2, -0.15) is 0 Å². The van der Waals surface area contributed by atoms with Crippen molar-refractivity contribution in [2.75, 3.05) is 0 Å². The first kappa shape index (κ1) is 15.5. The molecule has 3 heteroatoms. The lowest BCUT2D eigenvalue weighted by Gasteiger charge is -2.05. The highest BCUT2D eigenvalue weighted by Crippen LogP contribution is 2.23.